The van der Waals surface area contributed by atoms with E-state index in [1.165, 1.54) is 0 Å². The predicted octanol–water partition coefficient (Wildman–Crippen LogP) is 4.14. The van der Waals surface area contributed by atoms with Crippen LogP contribution in [-0.4, -0.2) is 34.1 Å². The molecule has 1 atom stereocenters. The van der Waals surface area contributed by atoms with Crippen molar-refractivity contribution >= 4 is 28.5 Å². The van der Waals surface area contributed by atoms with Crippen molar-refractivity contribution in [3.63, 3.8) is 0 Å². The van der Waals surface area contributed by atoms with Crippen molar-refractivity contribution < 1.29 is 9.21 Å². The lowest BCUT2D eigenvalue weighted by molar-refractivity contribution is 0.0708. The van der Waals surface area contributed by atoms with E-state index < -0.39 is 0 Å². The molecule has 6 heteroatoms. The van der Waals surface area contributed by atoms with Crippen molar-refractivity contribution in [2.45, 2.75) is 25.7 Å². The quantitative estimate of drug-likeness (QED) is 0.760. The van der Waals surface area contributed by atoms with Crippen molar-refractivity contribution in [3.05, 3.63) is 52.5 Å². The van der Waals surface area contributed by atoms with Gasteiger partial charge in [-0.25, -0.2) is 0 Å². The molecule has 1 aliphatic rings. The number of aromatic nitrogens is 2. The van der Waals surface area contributed by atoms with Gasteiger partial charge in [-0.05, 0) is 44.0 Å². The summed E-state index contributed by atoms with van der Waals surface area (Å²) in [5, 5.41) is 8.64. The Kier molecular flexibility index (Phi) is 3.81. The fourth-order valence-electron chi connectivity index (χ4n) is 3.44. The summed E-state index contributed by atoms with van der Waals surface area (Å²) in [5.74, 6) is 0.301. The maximum atomic E-state index is 13.0. The van der Waals surface area contributed by atoms with Gasteiger partial charge in [-0.15, -0.1) is 0 Å². The number of halogens is 1. The number of hydrogen-bond acceptors (Lipinski definition) is 3. The van der Waals surface area contributed by atoms with Gasteiger partial charge in [-0.3, -0.25) is 9.89 Å². The molecule has 24 heavy (non-hydrogen) atoms. The van der Waals surface area contributed by atoms with E-state index in [1.54, 1.807) is 24.5 Å². The number of rotatable bonds is 2. The van der Waals surface area contributed by atoms with Gasteiger partial charge in [0.2, 0.25) is 0 Å². The van der Waals surface area contributed by atoms with Gasteiger partial charge in [-0.2, -0.15) is 5.10 Å². The zero-order chi connectivity index (χ0) is 16.7. The second kappa shape index (κ2) is 5.98. The fourth-order valence-corrected chi connectivity index (χ4v) is 3.65. The van der Waals surface area contributed by atoms with E-state index in [1.807, 2.05) is 11.8 Å². The van der Waals surface area contributed by atoms with Gasteiger partial charge in [0.05, 0.1) is 22.5 Å². The Balaban J connectivity index is 1.61. The molecule has 2 aromatic heterocycles. The zero-order valence-electron chi connectivity index (χ0n) is 13.4. The Morgan fingerprint density at radius 3 is 3.08 bits per heavy atom. The van der Waals surface area contributed by atoms with E-state index in [2.05, 4.69) is 16.3 Å². The van der Waals surface area contributed by atoms with Gasteiger partial charge in [0, 0.05) is 30.1 Å². The van der Waals surface area contributed by atoms with Gasteiger partial charge in [-0.1, -0.05) is 11.6 Å². The number of furan rings is 1. The molecule has 1 unspecified atom stereocenters. The number of hydrogen-bond donors (Lipinski definition) is 1. The first-order valence-corrected chi connectivity index (χ1v) is 8.48. The SMILES string of the molecule is Cc1cc(C2CCCN(C(=O)c3ccc(Cl)c4occc34)C2)n[nH]1. The van der Waals surface area contributed by atoms with Crippen molar-refractivity contribution in [3.8, 4) is 0 Å². The molecule has 1 saturated heterocycles. The van der Waals surface area contributed by atoms with Crippen LogP contribution in [-0.2, 0) is 0 Å². The van der Waals surface area contributed by atoms with Crippen LogP contribution < -0.4 is 0 Å². The highest BCUT2D eigenvalue weighted by atomic mass is 35.5. The normalized spacial score (nSPS) is 18.2. The molecule has 1 fully saturated rings. The van der Waals surface area contributed by atoms with E-state index in [0.29, 0.717) is 22.7 Å². The summed E-state index contributed by atoms with van der Waals surface area (Å²) in [4.78, 5) is 14.9. The van der Waals surface area contributed by atoms with Crippen LogP contribution in [0.5, 0.6) is 0 Å². The minimum Gasteiger partial charge on any atom is -0.463 e. The fraction of sp³-hybridized carbons (Fsp3) is 0.333. The summed E-state index contributed by atoms with van der Waals surface area (Å²) in [6, 6.07) is 7.37. The number of carbonyl (C=O) groups is 1. The molecule has 3 heterocycles. The Morgan fingerprint density at radius 1 is 1.42 bits per heavy atom. The molecule has 0 bridgehead atoms. The Morgan fingerprint density at radius 2 is 2.29 bits per heavy atom. The average Bonchev–Trinajstić information content (AvgIpc) is 3.24. The minimum absolute atomic E-state index is 0.0232. The monoisotopic (exact) mass is 343 g/mol. The molecular weight excluding hydrogens is 326 g/mol. The molecule has 1 N–H and O–H groups in total. The first-order chi connectivity index (χ1) is 11.6. The summed E-state index contributed by atoms with van der Waals surface area (Å²) in [6.45, 7) is 3.44. The van der Waals surface area contributed by atoms with Gasteiger partial charge < -0.3 is 9.32 Å². The zero-order valence-corrected chi connectivity index (χ0v) is 14.1. The van der Waals surface area contributed by atoms with Crippen LogP contribution >= 0.6 is 11.6 Å². The first kappa shape index (κ1) is 15.3. The molecule has 0 saturated carbocycles. The topological polar surface area (TPSA) is 62.1 Å². The van der Waals surface area contributed by atoms with Crippen LogP contribution in [0.2, 0.25) is 5.02 Å². The third-order valence-electron chi connectivity index (χ3n) is 4.65. The molecular formula is C18H18ClN3O2. The highest BCUT2D eigenvalue weighted by Gasteiger charge is 2.28. The second-order valence-corrected chi connectivity index (χ2v) is 6.73. The summed E-state index contributed by atoms with van der Waals surface area (Å²) in [6.07, 6.45) is 3.60. The molecule has 0 spiro atoms. The Bertz CT molecular complexity index is 899. The van der Waals surface area contributed by atoms with E-state index in [4.69, 9.17) is 16.0 Å². The Hall–Kier alpha value is -2.27. The van der Waals surface area contributed by atoms with Crippen LogP contribution in [0.15, 0.2) is 34.9 Å². The van der Waals surface area contributed by atoms with Crippen LogP contribution in [0.3, 0.4) is 0 Å². The summed E-state index contributed by atoms with van der Waals surface area (Å²) in [5.41, 5.74) is 3.29. The lowest BCUT2D eigenvalue weighted by Crippen LogP contribution is -2.39. The standard InChI is InChI=1S/C18H18ClN3O2/c1-11-9-16(21-20-11)12-3-2-7-22(10-12)18(23)14-4-5-15(19)17-13(14)6-8-24-17/h4-6,8-9,12H,2-3,7,10H2,1H3,(H,20,21). The number of nitrogens with zero attached hydrogens (tertiary/aromatic N) is 2. The van der Waals surface area contributed by atoms with Crippen molar-refractivity contribution in [2.24, 2.45) is 0 Å². The number of nitrogens with one attached hydrogen (secondary N) is 1. The number of amides is 1. The van der Waals surface area contributed by atoms with Crippen LogP contribution in [0.25, 0.3) is 11.0 Å². The summed E-state index contributed by atoms with van der Waals surface area (Å²) >= 11 is 6.14. The number of aromatic amines is 1. The number of benzene rings is 1. The van der Waals surface area contributed by atoms with Crippen molar-refractivity contribution in [2.75, 3.05) is 13.1 Å². The molecule has 1 aliphatic heterocycles. The van der Waals surface area contributed by atoms with Gasteiger partial charge in [0.1, 0.15) is 0 Å². The largest absolute Gasteiger partial charge is 0.463 e. The third-order valence-corrected chi connectivity index (χ3v) is 4.95. The van der Waals surface area contributed by atoms with Crippen LogP contribution in [0.4, 0.5) is 0 Å². The molecule has 0 aliphatic carbocycles. The Labute approximate surface area is 144 Å². The smallest absolute Gasteiger partial charge is 0.254 e. The highest BCUT2D eigenvalue weighted by Crippen LogP contribution is 2.31. The summed E-state index contributed by atoms with van der Waals surface area (Å²) < 4.78 is 5.40. The lowest BCUT2D eigenvalue weighted by atomic mass is 9.94. The lowest BCUT2D eigenvalue weighted by Gasteiger charge is -2.32. The molecule has 1 amide bonds. The molecule has 1 aromatic carbocycles. The van der Waals surface area contributed by atoms with Gasteiger partial charge >= 0.3 is 0 Å². The molecule has 0 radical (unpaired) electrons. The highest BCUT2D eigenvalue weighted by molar-refractivity contribution is 6.35. The first-order valence-electron chi connectivity index (χ1n) is 8.10. The molecule has 5 nitrogen and oxygen atoms in total. The second-order valence-electron chi connectivity index (χ2n) is 6.32. The van der Waals surface area contributed by atoms with Crippen LogP contribution in [0.1, 0.15) is 40.5 Å². The molecule has 3 aromatic rings. The van der Waals surface area contributed by atoms with Crippen molar-refractivity contribution in [1.82, 2.24) is 15.1 Å². The maximum absolute atomic E-state index is 13.0. The van der Waals surface area contributed by atoms with Gasteiger partial charge in [0.15, 0.2) is 5.58 Å². The van der Waals surface area contributed by atoms with E-state index in [0.717, 1.165) is 36.2 Å². The molecule has 124 valence electrons. The minimum atomic E-state index is 0.0232. The average molecular weight is 344 g/mol. The number of fused-ring (bicyclic) bond motifs is 1. The number of H-pyrrole nitrogens is 1. The maximum Gasteiger partial charge on any atom is 0.254 e. The predicted molar refractivity (Wildman–Crippen MR) is 92.4 cm³/mol. The number of piperidine rings is 1. The van der Waals surface area contributed by atoms with Crippen LogP contribution in [0, 0.1) is 6.92 Å². The van der Waals surface area contributed by atoms with Crippen molar-refractivity contribution in [1.29, 1.82) is 0 Å². The molecule has 4 rings (SSSR count). The number of aryl methyl sites for hydroxylation is 1. The number of carbonyl (C=O) groups excluding carboxylic acids is 1. The third kappa shape index (κ3) is 2.59. The van der Waals surface area contributed by atoms with E-state index in [9.17, 15) is 4.79 Å². The number of likely N-dealkylation sites (tertiary alicyclic amines) is 1. The summed E-state index contributed by atoms with van der Waals surface area (Å²) in [7, 11) is 0. The van der Waals surface area contributed by atoms with E-state index >= 15 is 0 Å². The van der Waals surface area contributed by atoms with E-state index in [-0.39, 0.29) is 11.8 Å². The van der Waals surface area contributed by atoms with Gasteiger partial charge in [0.25, 0.3) is 5.91 Å².